The summed E-state index contributed by atoms with van der Waals surface area (Å²) in [5.74, 6) is 0.656. The molecule has 0 saturated carbocycles. The van der Waals surface area contributed by atoms with Gasteiger partial charge in [-0.1, -0.05) is 12.8 Å². The Morgan fingerprint density at radius 2 is 1.91 bits per heavy atom. The van der Waals surface area contributed by atoms with E-state index >= 15 is 0 Å². The Morgan fingerprint density at radius 3 is 2.45 bits per heavy atom. The van der Waals surface area contributed by atoms with Crippen LogP contribution in [0.4, 0.5) is 9.18 Å². The van der Waals surface area contributed by atoms with Crippen LogP contribution in [0.25, 0.3) is 0 Å². The standard InChI is InChI=1S/C7H12ClFO2/c8-5-3-1-2-4-6-11-7(9)10/h1-6H2. The Morgan fingerprint density at radius 1 is 1.27 bits per heavy atom. The maximum atomic E-state index is 11.4. The van der Waals surface area contributed by atoms with Gasteiger partial charge in [-0.05, 0) is 12.8 Å². The molecule has 0 amide bonds. The van der Waals surface area contributed by atoms with Crippen molar-refractivity contribution < 1.29 is 13.9 Å². The van der Waals surface area contributed by atoms with Gasteiger partial charge in [0.25, 0.3) is 0 Å². The Labute approximate surface area is 70.7 Å². The minimum atomic E-state index is -1.69. The largest absolute Gasteiger partial charge is 0.495 e. The number of rotatable bonds is 6. The first-order valence-electron chi connectivity index (χ1n) is 3.65. The van der Waals surface area contributed by atoms with E-state index in [0.29, 0.717) is 12.3 Å². The zero-order valence-electron chi connectivity index (χ0n) is 6.32. The molecule has 0 unspecified atom stereocenters. The van der Waals surface area contributed by atoms with Crippen LogP contribution in [-0.4, -0.2) is 18.7 Å². The van der Waals surface area contributed by atoms with Crippen LogP contribution in [0.1, 0.15) is 25.7 Å². The lowest BCUT2D eigenvalue weighted by Crippen LogP contribution is -1.97. The topological polar surface area (TPSA) is 26.3 Å². The van der Waals surface area contributed by atoms with Crippen LogP contribution < -0.4 is 0 Å². The van der Waals surface area contributed by atoms with Crippen LogP contribution >= 0.6 is 11.6 Å². The van der Waals surface area contributed by atoms with Gasteiger partial charge < -0.3 is 4.74 Å². The molecular weight excluding hydrogens is 171 g/mol. The van der Waals surface area contributed by atoms with Crippen molar-refractivity contribution >= 4 is 17.8 Å². The molecule has 4 heteroatoms. The monoisotopic (exact) mass is 182 g/mol. The van der Waals surface area contributed by atoms with Crippen LogP contribution in [0.5, 0.6) is 0 Å². The molecule has 0 aliphatic rings. The predicted octanol–water partition coefficient (Wildman–Crippen LogP) is 2.89. The predicted molar refractivity (Wildman–Crippen MR) is 41.6 cm³/mol. The molecule has 0 saturated heterocycles. The molecule has 0 aliphatic heterocycles. The maximum absolute atomic E-state index is 11.4. The number of carbonyl (C=O) groups is 1. The quantitative estimate of drug-likeness (QED) is 0.359. The molecule has 0 rings (SSSR count). The molecule has 0 aromatic heterocycles. The molecule has 2 nitrogen and oxygen atoms in total. The summed E-state index contributed by atoms with van der Waals surface area (Å²) in [4.78, 5) is 9.62. The second kappa shape index (κ2) is 7.79. The smallest absolute Gasteiger partial charge is 0.440 e. The van der Waals surface area contributed by atoms with Gasteiger partial charge in [-0.25, -0.2) is 4.79 Å². The van der Waals surface area contributed by atoms with Crippen molar-refractivity contribution in [3.8, 4) is 0 Å². The van der Waals surface area contributed by atoms with Crippen molar-refractivity contribution in [2.24, 2.45) is 0 Å². The van der Waals surface area contributed by atoms with E-state index < -0.39 is 6.22 Å². The summed E-state index contributed by atoms with van der Waals surface area (Å²) in [6.45, 7) is 0.178. The van der Waals surface area contributed by atoms with Crippen LogP contribution in [0.3, 0.4) is 0 Å². The van der Waals surface area contributed by atoms with Gasteiger partial charge in [0.15, 0.2) is 0 Å². The van der Waals surface area contributed by atoms with E-state index in [2.05, 4.69) is 4.74 Å². The summed E-state index contributed by atoms with van der Waals surface area (Å²) in [5.41, 5.74) is 0. The van der Waals surface area contributed by atoms with Gasteiger partial charge in [-0.15, -0.1) is 16.0 Å². The van der Waals surface area contributed by atoms with Gasteiger partial charge in [0, 0.05) is 5.88 Å². The first kappa shape index (κ1) is 10.7. The van der Waals surface area contributed by atoms with Gasteiger partial charge in [0.05, 0.1) is 6.61 Å². The molecule has 0 fully saturated rings. The number of unbranched alkanes of at least 4 members (excludes halogenated alkanes) is 3. The fourth-order valence-electron chi connectivity index (χ4n) is 0.703. The lowest BCUT2D eigenvalue weighted by molar-refractivity contribution is 0.119. The zero-order chi connectivity index (χ0) is 8.53. The first-order valence-corrected chi connectivity index (χ1v) is 4.19. The van der Waals surface area contributed by atoms with Crippen LogP contribution in [0, 0.1) is 0 Å². The highest BCUT2D eigenvalue weighted by Gasteiger charge is 1.95. The highest BCUT2D eigenvalue weighted by Crippen LogP contribution is 2.01. The SMILES string of the molecule is O=C(F)OCCCCCCCl. The van der Waals surface area contributed by atoms with Gasteiger partial charge in [-0.3, -0.25) is 0 Å². The number of hydrogen-bond donors (Lipinski definition) is 0. The molecule has 11 heavy (non-hydrogen) atoms. The van der Waals surface area contributed by atoms with Gasteiger partial charge in [0.2, 0.25) is 0 Å². The first-order chi connectivity index (χ1) is 5.27. The molecular formula is C7H12ClFO2. The number of ether oxygens (including phenoxy) is 1. The number of halogens is 2. The van der Waals surface area contributed by atoms with E-state index in [4.69, 9.17) is 11.6 Å². The summed E-state index contributed by atoms with van der Waals surface area (Å²) in [6, 6.07) is 0. The zero-order valence-corrected chi connectivity index (χ0v) is 7.07. The highest BCUT2D eigenvalue weighted by atomic mass is 35.5. The number of carbonyl (C=O) groups excluding carboxylic acids is 1. The molecule has 0 radical (unpaired) electrons. The maximum Gasteiger partial charge on any atom is 0.495 e. The third-order valence-corrected chi connectivity index (χ3v) is 1.51. The van der Waals surface area contributed by atoms with E-state index in [0.717, 1.165) is 19.3 Å². The van der Waals surface area contributed by atoms with Crippen molar-refractivity contribution in [2.45, 2.75) is 25.7 Å². The van der Waals surface area contributed by atoms with Crippen molar-refractivity contribution in [2.75, 3.05) is 12.5 Å². The van der Waals surface area contributed by atoms with Crippen LogP contribution in [-0.2, 0) is 4.74 Å². The normalized spacial score (nSPS) is 9.64. The second-order valence-electron chi connectivity index (χ2n) is 2.19. The second-order valence-corrected chi connectivity index (χ2v) is 2.57. The number of hydrogen-bond acceptors (Lipinski definition) is 2. The Balaban J connectivity index is 2.85. The molecule has 0 aromatic rings. The Hall–Kier alpha value is -0.310. The average molecular weight is 183 g/mol. The fourth-order valence-corrected chi connectivity index (χ4v) is 0.892. The van der Waals surface area contributed by atoms with E-state index in [1.54, 1.807) is 0 Å². The van der Waals surface area contributed by atoms with E-state index in [-0.39, 0.29) is 6.61 Å². The fraction of sp³-hybridized carbons (Fsp3) is 0.857. The lowest BCUT2D eigenvalue weighted by atomic mass is 10.2. The Bertz CT molecular complexity index is 109. The summed E-state index contributed by atoms with van der Waals surface area (Å²) < 4.78 is 15.5. The molecule has 0 aromatic carbocycles. The van der Waals surface area contributed by atoms with Crippen LogP contribution in [0.15, 0.2) is 0 Å². The molecule has 0 N–H and O–H groups in total. The molecule has 66 valence electrons. The molecule has 0 bridgehead atoms. The molecule has 0 heterocycles. The third kappa shape index (κ3) is 9.69. The van der Waals surface area contributed by atoms with E-state index in [9.17, 15) is 9.18 Å². The van der Waals surface area contributed by atoms with Gasteiger partial charge >= 0.3 is 6.22 Å². The summed E-state index contributed by atoms with van der Waals surface area (Å²) >= 11 is 5.42. The average Bonchev–Trinajstić information content (AvgIpc) is 1.96. The summed E-state index contributed by atoms with van der Waals surface area (Å²) in [6.07, 6.45) is 1.92. The van der Waals surface area contributed by atoms with Gasteiger partial charge in [-0.2, -0.15) is 0 Å². The molecule has 0 aliphatic carbocycles. The third-order valence-electron chi connectivity index (χ3n) is 1.24. The van der Waals surface area contributed by atoms with Gasteiger partial charge in [0.1, 0.15) is 0 Å². The minimum absolute atomic E-state index is 0.178. The van der Waals surface area contributed by atoms with Crippen LogP contribution in [0.2, 0.25) is 0 Å². The van der Waals surface area contributed by atoms with Crippen molar-refractivity contribution in [1.82, 2.24) is 0 Å². The molecule has 0 spiro atoms. The van der Waals surface area contributed by atoms with Crippen molar-refractivity contribution in [1.29, 1.82) is 0 Å². The van der Waals surface area contributed by atoms with Crippen molar-refractivity contribution in [3.63, 3.8) is 0 Å². The summed E-state index contributed by atoms with van der Waals surface area (Å²) in [5, 5.41) is 0. The highest BCUT2D eigenvalue weighted by molar-refractivity contribution is 6.17. The van der Waals surface area contributed by atoms with Crippen molar-refractivity contribution in [3.05, 3.63) is 0 Å². The number of alkyl halides is 1. The van der Waals surface area contributed by atoms with E-state index in [1.165, 1.54) is 0 Å². The van der Waals surface area contributed by atoms with E-state index in [1.807, 2.05) is 0 Å². The lowest BCUT2D eigenvalue weighted by Gasteiger charge is -1.98. The Kier molecular flexibility index (Phi) is 7.57. The minimum Gasteiger partial charge on any atom is -0.440 e. The molecule has 0 atom stereocenters. The summed E-state index contributed by atoms with van der Waals surface area (Å²) in [7, 11) is 0.